The highest BCUT2D eigenvalue weighted by Crippen LogP contribution is 2.23. The van der Waals surface area contributed by atoms with Gasteiger partial charge in [-0.15, -0.1) is 0 Å². The van der Waals surface area contributed by atoms with E-state index in [1.165, 1.54) is 0 Å². The SMILES string of the molecule is CN(C)c1cn2c(CN3CCOCC3)nc3ccccc3c2n1. The first kappa shape index (κ1) is 14.4. The molecule has 0 aliphatic carbocycles. The summed E-state index contributed by atoms with van der Waals surface area (Å²) < 4.78 is 7.57. The van der Waals surface area contributed by atoms with E-state index >= 15 is 0 Å². The van der Waals surface area contributed by atoms with Crippen molar-refractivity contribution in [1.29, 1.82) is 0 Å². The van der Waals surface area contributed by atoms with E-state index in [4.69, 9.17) is 14.7 Å². The molecule has 1 aliphatic heterocycles. The monoisotopic (exact) mass is 311 g/mol. The Hall–Kier alpha value is -2.18. The number of imidazole rings is 1. The van der Waals surface area contributed by atoms with Crippen LogP contribution in [0.25, 0.3) is 16.6 Å². The second kappa shape index (κ2) is 5.79. The van der Waals surface area contributed by atoms with Gasteiger partial charge in [0, 0.05) is 32.6 Å². The van der Waals surface area contributed by atoms with Gasteiger partial charge in [-0.05, 0) is 12.1 Å². The highest BCUT2D eigenvalue weighted by atomic mass is 16.5. The van der Waals surface area contributed by atoms with E-state index in [1.54, 1.807) is 0 Å². The van der Waals surface area contributed by atoms with Crippen LogP contribution in [-0.2, 0) is 11.3 Å². The fourth-order valence-electron chi connectivity index (χ4n) is 2.99. The standard InChI is InChI=1S/C17H21N5O/c1-20(2)15-12-22-16(11-21-7-9-23-10-8-21)18-14-6-4-3-5-13(14)17(22)19-15/h3-6,12H,7-11H2,1-2H3. The van der Waals surface area contributed by atoms with Gasteiger partial charge in [-0.2, -0.15) is 0 Å². The van der Waals surface area contributed by atoms with Gasteiger partial charge >= 0.3 is 0 Å². The summed E-state index contributed by atoms with van der Waals surface area (Å²) in [5.74, 6) is 1.98. The Morgan fingerprint density at radius 3 is 2.70 bits per heavy atom. The molecule has 6 heteroatoms. The third-order valence-electron chi connectivity index (χ3n) is 4.29. The Bertz CT molecular complexity index is 835. The van der Waals surface area contributed by atoms with E-state index in [1.807, 2.05) is 31.1 Å². The van der Waals surface area contributed by atoms with Crippen LogP contribution >= 0.6 is 0 Å². The van der Waals surface area contributed by atoms with Crippen molar-refractivity contribution < 1.29 is 4.74 Å². The number of nitrogens with zero attached hydrogens (tertiary/aromatic N) is 5. The third-order valence-corrected chi connectivity index (χ3v) is 4.29. The largest absolute Gasteiger partial charge is 0.379 e. The highest BCUT2D eigenvalue weighted by Gasteiger charge is 2.16. The number of fused-ring (bicyclic) bond motifs is 3. The van der Waals surface area contributed by atoms with Crippen LogP contribution in [0.2, 0.25) is 0 Å². The molecule has 120 valence electrons. The quantitative estimate of drug-likeness (QED) is 0.738. The molecule has 6 nitrogen and oxygen atoms in total. The summed E-state index contributed by atoms with van der Waals surface area (Å²) in [6.45, 7) is 4.30. The summed E-state index contributed by atoms with van der Waals surface area (Å²) >= 11 is 0. The lowest BCUT2D eigenvalue weighted by Gasteiger charge is -2.26. The van der Waals surface area contributed by atoms with Crippen molar-refractivity contribution in [3.63, 3.8) is 0 Å². The van der Waals surface area contributed by atoms with Crippen LogP contribution in [0.1, 0.15) is 5.82 Å². The molecule has 0 radical (unpaired) electrons. The smallest absolute Gasteiger partial charge is 0.150 e. The van der Waals surface area contributed by atoms with Crippen molar-refractivity contribution in [2.45, 2.75) is 6.54 Å². The van der Waals surface area contributed by atoms with Crippen molar-refractivity contribution in [2.75, 3.05) is 45.3 Å². The Balaban J connectivity index is 1.86. The number of morpholine rings is 1. The molecule has 1 saturated heterocycles. The van der Waals surface area contributed by atoms with Crippen molar-refractivity contribution in [1.82, 2.24) is 19.3 Å². The van der Waals surface area contributed by atoms with Gasteiger partial charge in [0.1, 0.15) is 17.3 Å². The zero-order chi connectivity index (χ0) is 15.8. The van der Waals surface area contributed by atoms with Crippen LogP contribution in [0.4, 0.5) is 5.82 Å². The zero-order valence-corrected chi connectivity index (χ0v) is 13.6. The van der Waals surface area contributed by atoms with Gasteiger partial charge in [-0.25, -0.2) is 9.97 Å². The minimum Gasteiger partial charge on any atom is -0.379 e. The molecule has 4 rings (SSSR count). The first-order valence-corrected chi connectivity index (χ1v) is 7.96. The second-order valence-electron chi connectivity index (χ2n) is 6.12. The number of para-hydroxylation sites is 1. The predicted octanol–water partition coefficient (Wildman–Crippen LogP) is 1.78. The van der Waals surface area contributed by atoms with Crippen LogP contribution in [0.5, 0.6) is 0 Å². The normalized spacial score (nSPS) is 16.3. The lowest BCUT2D eigenvalue weighted by molar-refractivity contribution is 0.0329. The molecule has 0 atom stereocenters. The lowest BCUT2D eigenvalue weighted by atomic mass is 10.2. The van der Waals surface area contributed by atoms with E-state index in [-0.39, 0.29) is 0 Å². The maximum Gasteiger partial charge on any atom is 0.150 e. The van der Waals surface area contributed by atoms with E-state index < -0.39 is 0 Å². The number of ether oxygens (including phenoxy) is 1. The maximum atomic E-state index is 5.44. The Morgan fingerprint density at radius 2 is 1.91 bits per heavy atom. The molecular formula is C17H21N5O. The molecule has 0 unspecified atom stereocenters. The van der Waals surface area contributed by atoms with Gasteiger partial charge < -0.3 is 9.64 Å². The zero-order valence-electron chi connectivity index (χ0n) is 13.6. The maximum absolute atomic E-state index is 5.44. The molecule has 1 aliphatic rings. The summed E-state index contributed by atoms with van der Waals surface area (Å²) in [5, 5.41) is 1.09. The van der Waals surface area contributed by atoms with Crippen LogP contribution < -0.4 is 4.90 Å². The Morgan fingerprint density at radius 1 is 1.13 bits per heavy atom. The van der Waals surface area contributed by atoms with Crippen LogP contribution in [0.15, 0.2) is 30.5 Å². The number of aromatic nitrogens is 3. The first-order chi connectivity index (χ1) is 11.2. The highest BCUT2D eigenvalue weighted by molar-refractivity contribution is 5.92. The van der Waals surface area contributed by atoms with Gasteiger partial charge in [0.2, 0.25) is 0 Å². The molecular weight excluding hydrogens is 290 g/mol. The topological polar surface area (TPSA) is 45.9 Å². The fraction of sp³-hybridized carbons (Fsp3) is 0.412. The predicted molar refractivity (Wildman–Crippen MR) is 90.9 cm³/mol. The summed E-state index contributed by atoms with van der Waals surface area (Å²) in [7, 11) is 4.03. The van der Waals surface area contributed by atoms with Crippen LogP contribution in [0, 0.1) is 0 Å². The third kappa shape index (κ3) is 2.64. The number of rotatable bonds is 3. The molecule has 23 heavy (non-hydrogen) atoms. The molecule has 1 fully saturated rings. The number of hydrogen-bond donors (Lipinski definition) is 0. The first-order valence-electron chi connectivity index (χ1n) is 7.96. The summed E-state index contributed by atoms with van der Waals surface area (Å²) in [6, 6.07) is 8.21. The lowest BCUT2D eigenvalue weighted by Crippen LogP contribution is -2.36. The average molecular weight is 311 g/mol. The van der Waals surface area contributed by atoms with Gasteiger partial charge in [-0.3, -0.25) is 9.30 Å². The van der Waals surface area contributed by atoms with Gasteiger partial charge in [-0.1, -0.05) is 12.1 Å². The number of anilines is 1. The van der Waals surface area contributed by atoms with Crippen molar-refractivity contribution in [3.05, 3.63) is 36.3 Å². The molecule has 0 spiro atoms. The van der Waals surface area contributed by atoms with E-state index in [0.717, 1.165) is 61.0 Å². The minimum atomic E-state index is 0.795. The molecule has 0 saturated carbocycles. The average Bonchev–Trinajstić information content (AvgIpc) is 3.02. The molecule has 3 heterocycles. The van der Waals surface area contributed by atoms with E-state index in [2.05, 4.69) is 27.6 Å². The molecule has 1 aromatic carbocycles. The minimum absolute atomic E-state index is 0.795. The van der Waals surface area contributed by atoms with Crippen molar-refractivity contribution in [3.8, 4) is 0 Å². The summed E-state index contributed by atoms with van der Waals surface area (Å²) in [5.41, 5.74) is 1.97. The van der Waals surface area contributed by atoms with E-state index in [9.17, 15) is 0 Å². The van der Waals surface area contributed by atoms with Gasteiger partial charge in [0.05, 0.1) is 31.5 Å². The van der Waals surface area contributed by atoms with Crippen LogP contribution in [-0.4, -0.2) is 59.7 Å². The van der Waals surface area contributed by atoms with Gasteiger partial charge in [0.15, 0.2) is 0 Å². The second-order valence-corrected chi connectivity index (χ2v) is 6.12. The Labute approximate surface area is 135 Å². The molecule has 0 bridgehead atoms. The number of benzene rings is 1. The molecule has 0 amide bonds. The van der Waals surface area contributed by atoms with Crippen molar-refractivity contribution >= 4 is 22.4 Å². The fourth-order valence-corrected chi connectivity index (χ4v) is 2.99. The Kier molecular flexibility index (Phi) is 3.63. The van der Waals surface area contributed by atoms with Crippen molar-refractivity contribution in [2.24, 2.45) is 0 Å². The molecule has 0 N–H and O–H groups in total. The molecule has 3 aromatic rings. The summed E-state index contributed by atoms with van der Waals surface area (Å²) in [6.07, 6.45) is 2.07. The van der Waals surface area contributed by atoms with Crippen LogP contribution in [0.3, 0.4) is 0 Å². The summed E-state index contributed by atoms with van der Waals surface area (Å²) in [4.78, 5) is 14.1. The number of hydrogen-bond acceptors (Lipinski definition) is 5. The van der Waals surface area contributed by atoms with E-state index in [0.29, 0.717) is 0 Å². The molecule has 2 aromatic heterocycles. The van der Waals surface area contributed by atoms with Gasteiger partial charge in [0.25, 0.3) is 0 Å².